The minimum absolute atomic E-state index is 0.104. The van der Waals surface area contributed by atoms with Gasteiger partial charge in [0.2, 0.25) is 0 Å². The molecular formula is C51H74N2. The predicted molar refractivity (Wildman–Crippen MR) is 234 cm³/mol. The molecule has 53 heavy (non-hydrogen) atoms. The van der Waals surface area contributed by atoms with Crippen molar-refractivity contribution in [3.05, 3.63) is 107 Å². The number of benzene rings is 3. The Morgan fingerprint density at radius 3 is 1.49 bits per heavy atom. The minimum atomic E-state index is 0.104. The zero-order valence-electron chi connectivity index (χ0n) is 35.7. The largest absolute Gasteiger partial charge is 0.233 e. The molecule has 0 saturated carbocycles. The number of hydrogen-bond acceptors (Lipinski definition) is 1. The summed E-state index contributed by atoms with van der Waals surface area (Å²) in [5.41, 5.74) is 10.5. The smallest absolute Gasteiger partial charge is 0.0862 e. The molecule has 0 unspecified atom stereocenters. The van der Waals surface area contributed by atoms with Crippen molar-refractivity contribution < 1.29 is 0 Å². The lowest BCUT2D eigenvalue weighted by atomic mass is 9.72. The van der Waals surface area contributed by atoms with Gasteiger partial charge in [-0.2, -0.15) is 5.10 Å². The van der Waals surface area contributed by atoms with Crippen LogP contribution < -0.4 is 0 Å². The van der Waals surface area contributed by atoms with Gasteiger partial charge in [-0.1, -0.05) is 201 Å². The van der Waals surface area contributed by atoms with E-state index in [9.17, 15) is 0 Å². The van der Waals surface area contributed by atoms with Crippen LogP contribution in [0.2, 0.25) is 0 Å². The molecule has 0 saturated heterocycles. The Hall–Kier alpha value is -3.39. The van der Waals surface area contributed by atoms with Crippen molar-refractivity contribution in [2.75, 3.05) is 0 Å². The molecule has 1 aromatic heterocycles. The summed E-state index contributed by atoms with van der Waals surface area (Å²) >= 11 is 0. The van der Waals surface area contributed by atoms with E-state index >= 15 is 0 Å². The fourth-order valence-electron chi connectivity index (χ4n) is 8.68. The third-order valence-electron chi connectivity index (χ3n) is 10.8. The maximum Gasteiger partial charge on any atom is 0.0862 e. The first-order valence-corrected chi connectivity index (χ1v) is 21.0. The summed E-state index contributed by atoms with van der Waals surface area (Å²) in [6.07, 6.45) is 21.5. The highest BCUT2D eigenvalue weighted by molar-refractivity contribution is 5.72. The first kappa shape index (κ1) is 42.4. The van der Waals surface area contributed by atoms with Crippen molar-refractivity contribution in [1.82, 2.24) is 9.78 Å². The van der Waals surface area contributed by atoms with Crippen molar-refractivity contribution in [2.45, 2.75) is 170 Å². The lowest BCUT2D eigenvalue weighted by molar-refractivity contribution is 0.283. The third-order valence-corrected chi connectivity index (χ3v) is 10.8. The molecule has 0 N–H and O–H groups in total. The van der Waals surface area contributed by atoms with E-state index in [1.54, 1.807) is 0 Å². The molecule has 2 heteroatoms. The van der Waals surface area contributed by atoms with Gasteiger partial charge in [-0.05, 0) is 93.9 Å². The van der Waals surface area contributed by atoms with Crippen LogP contribution >= 0.6 is 0 Å². The molecule has 4 rings (SSSR count). The zero-order valence-corrected chi connectivity index (χ0v) is 35.7. The van der Waals surface area contributed by atoms with Crippen LogP contribution in [0.1, 0.15) is 181 Å². The van der Waals surface area contributed by atoms with E-state index in [0.717, 1.165) is 36.3 Å². The minimum Gasteiger partial charge on any atom is -0.233 e. The monoisotopic (exact) mass is 715 g/mol. The fourth-order valence-corrected chi connectivity index (χ4v) is 8.68. The van der Waals surface area contributed by atoms with Crippen LogP contribution in [0.25, 0.3) is 29.1 Å². The third kappa shape index (κ3) is 13.8. The second kappa shape index (κ2) is 18.8. The van der Waals surface area contributed by atoms with Gasteiger partial charge in [0, 0.05) is 5.56 Å². The molecule has 1 heterocycles. The van der Waals surface area contributed by atoms with E-state index in [1.807, 2.05) is 0 Å². The highest BCUT2D eigenvalue weighted by Gasteiger charge is 2.28. The number of aryl methyl sites for hydroxylation is 1. The van der Waals surface area contributed by atoms with Gasteiger partial charge in [-0.3, -0.25) is 0 Å². The van der Waals surface area contributed by atoms with E-state index in [-0.39, 0.29) is 21.7 Å². The molecule has 288 valence electrons. The maximum absolute atomic E-state index is 5.18. The Balaban J connectivity index is 1.51. The Morgan fingerprint density at radius 2 is 1.00 bits per heavy atom. The van der Waals surface area contributed by atoms with Crippen LogP contribution in [0.15, 0.2) is 78.9 Å². The molecule has 0 radical (unpaired) electrons. The molecule has 0 spiro atoms. The number of aromatic nitrogens is 2. The van der Waals surface area contributed by atoms with Crippen LogP contribution in [-0.4, -0.2) is 9.78 Å². The average molecular weight is 715 g/mol. The first-order chi connectivity index (χ1) is 25.0. The van der Waals surface area contributed by atoms with Crippen molar-refractivity contribution in [3.8, 4) is 16.9 Å². The van der Waals surface area contributed by atoms with Gasteiger partial charge in [0.05, 0.1) is 17.1 Å². The Morgan fingerprint density at radius 1 is 0.528 bits per heavy atom. The Labute approximate surface area is 325 Å². The van der Waals surface area contributed by atoms with E-state index in [0.29, 0.717) is 0 Å². The van der Waals surface area contributed by atoms with Crippen LogP contribution in [0, 0.1) is 10.8 Å². The molecule has 2 nitrogen and oxygen atoms in total. The molecule has 4 aromatic rings. The van der Waals surface area contributed by atoms with E-state index < -0.39 is 0 Å². The van der Waals surface area contributed by atoms with Crippen molar-refractivity contribution >= 4 is 12.2 Å². The second-order valence-electron chi connectivity index (χ2n) is 19.7. The summed E-state index contributed by atoms with van der Waals surface area (Å²) in [7, 11) is 0. The van der Waals surface area contributed by atoms with E-state index in [1.165, 1.54) is 92.0 Å². The zero-order chi connectivity index (χ0) is 38.7. The lowest BCUT2D eigenvalue weighted by Gasteiger charge is -2.33. The van der Waals surface area contributed by atoms with Gasteiger partial charge in [0.25, 0.3) is 0 Å². The quantitative estimate of drug-likeness (QED) is 0.0884. The summed E-state index contributed by atoms with van der Waals surface area (Å²) in [5, 5.41) is 5.18. The van der Waals surface area contributed by atoms with Crippen molar-refractivity contribution in [2.24, 2.45) is 10.8 Å². The molecule has 0 aliphatic carbocycles. The highest BCUT2D eigenvalue weighted by Crippen LogP contribution is 2.38. The molecule has 0 bridgehead atoms. The van der Waals surface area contributed by atoms with Crippen LogP contribution in [0.4, 0.5) is 0 Å². The summed E-state index contributed by atoms with van der Waals surface area (Å²) in [6, 6.07) is 29.7. The van der Waals surface area contributed by atoms with Gasteiger partial charge in [0.1, 0.15) is 0 Å². The van der Waals surface area contributed by atoms with Crippen LogP contribution in [0.3, 0.4) is 0 Å². The summed E-state index contributed by atoms with van der Waals surface area (Å²) < 4.78 is 2.14. The second-order valence-corrected chi connectivity index (χ2v) is 19.7. The predicted octanol–water partition coefficient (Wildman–Crippen LogP) is 15.6. The molecule has 0 aliphatic rings. The number of hydrogen-bond donors (Lipinski definition) is 0. The number of nitrogens with zero attached hydrogens (tertiary/aromatic N) is 2. The van der Waals surface area contributed by atoms with Crippen molar-refractivity contribution in [3.63, 3.8) is 0 Å². The molecule has 0 aliphatic heterocycles. The lowest BCUT2D eigenvalue weighted by Crippen LogP contribution is -2.24. The normalized spacial score (nSPS) is 13.0. The molecule has 0 fully saturated rings. The fraction of sp³-hybridized carbons (Fsp3) is 0.549. The SMILES string of the molecule is CCCCCCCCCCCCc1ccc(-n2nc(C=Cc3ccc(C(C)(C)CC(C)(C)C)cc3)cc2-c2ccc(C(C)(C)CC(C)(C)C)cc2)cc1. The van der Waals surface area contributed by atoms with Gasteiger partial charge < -0.3 is 0 Å². The van der Waals surface area contributed by atoms with Gasteiger partial charge in [-0.15, -0.1) is 0 Å². The average Bonchev–Trinajstić information content (AvgIpc) is 3.51. The van der Waals surface area contributed by atoms with Crippen LogP contribution in [0.5, 0.6) is 0 Å². The van der Waals surface area contributed by atoms with Gasteiger partial charge >= 0.3 is 0 Å². The number of unbranched alkanes of at least 4 members (excludes halogenated alkanes) is 9. The summed E-state index contributed by atoms with van der Waals surface area (Å²) in [4.78, 5) is 0. The van der Waals surface area contributed by atoms with Gasteiger partial charge in [-0.25, -0.2) is 4.68 Å². The maximum atomic E-state index is 5.18. The number of rotatable bonds is 19. The molecule has 3 aromatic carbocycles. The topological polar surface area (TPSA) is 17.8 Å². The molecular weight excluding hydrogens is 641 g/mol. The van der Waals surface area contributed by atoms with E-state index in [2.05, 4.69) is 172 Å². The molecule has 0 amide bonds. The molecule has 0 atom stereocenters. The first-order valence-electron chi connectivity index (χ1n) is 21.0. The highest BCUT2D eigenvalue weighted by atomic mass is 15.3. The van der Waals surface area contributed by atoms with Crippen molar-refractivity contribution in [1.29, 1.82) is 0 Å². The van der Waals surface area contributed by atoms with E-state index in [4.69, 9.17) is 5.10 Å². The Kier molecular flexibility index (Phi) is 15.0. The summed E-state index contributed by atoms with van der Waals surface area (Å²) in [6.45, 7) is 25.7. The standard InChI is InChI=1S/C51H74N2/c1-12-13-14-15-16-17-18-19-20-21-22-40-26-35-46(36-27-40)53-47(42-28-32-44(33-29-42)51(10,11)39-49(5,6)7)37-45(52-53)34-25-41-23-30-43(31-24-41)50(8,9)38-48(2,3)4/h23-37H,12-22,38-39H2,1-11H3. The van der Waals surface area contributed by atoms with Crippen LogP contribution in [-0.2, 0) is 17.3 Å². The summed E-state index contributed by atoms with van der Waals surface area (Å²) in [5.74, 6) is 0. The van der Waals surface area contributed by atoms with Gasteiger partial charge in [0.15, 0.2) is 0 Å². The Bertz CT molecular complexity index is 1680.